The summed E-state index contributed by atoms with van der Waals surface area (Å²) >= 11 is 12.0. The van der Waals surface area contributed by atoms with Crippen molar-refractivity contribution in [3.8, 4) is 0 Å². The van der Waals surface area contributed by atoms with Crippen LogP contribution in [0.2, 0.25) is 10.0 Å². The van der Waals surface area contributed by atoms with Crippen LogP contribution in [-0.4, -0.2) is 27.5 Å². The van der Waals surface area contributed by atoms with Crippen molar-refractivity contribution < 1.29 is 31.9 Å². The number of carbonyl (C=O) groups excluding carboxylic acids is 1. The van der Waals surface area contributed by atoms with Crippen molar-refractivity contribution in [2.75, 3.05) is 0 Å². The molecule has 1 aromatic heterocycles. The highest BCUT2D eigenvalue weighted by atomic mass is 35.5. The fourth-order valence-electron chi connectivity index (χ4n) is 3.57. The summed E-state index contributed by atoms with van der Waals surface area (Å²) in [7, 11) is 0. The zero-order valence-electron chi connectivity index (χ0n) is 15.8. The molecule has 1 unspecified atom stereocenters. The maximum absolute atomic E-state index is 13.7. The zero-order chi connectivity index (χ0) is 23.0. The van der Waals surface area contributed by atoms with Crippen molar-refractivity contribution in [2.45, 2.75) is 49.4 Å². The van der Waals surface area contributed by atoms with Crippen LogP contribution in [0, 0.1) is 0 Å². The summed E-state index contributed by atoms with van der Waals surface area (Å²) in [4.78, 5) is 16.0. The third-order valence-corrected chi connectivity index (χ3v) is 6.01. The second-order valence-electron chi connectivity index (χ2n) is 7.41. The third kappa shape index (κ3) is 5.10. The molecule has 1 saturated carbocycles. The van der Waals surface area contributed by atoms with Gasteiger partial charge in [-0.05, 0) is 30.5 Å². The Morgan fingerprint density at radius 1 is 1.10 bits per heavy atom. The Bertz CT molecular complexity index is 974. The highest BCUT2D eigenvalue weighted by molar-refractivity contribution is 6.34. The van der Waals surface area contributed by atoms with Gasteiger partial charge in [0.25, 0.3) is 5.91 Å². The summed E-state index contributed by atoms with van der Waals surface area (Å²) < 4.78 is 66.6. The van der Waals surface area contributed by atoms with Crippen molar-refractivity contribution in [2.24, 2.45) is 0 Å². The zero-order valence-corrected chi connectivity index (χ0v) is 17.3. The van der Waals surface area contributed by atoms with Crippen molar-refractivity contribution >= 4 is 29.1 Å². The first-order chi connectivity index (χ1) is 14.3. The molecule has 1 heterocycles. The largest absolute Gasteiger partial charge is 0.434 e. The first-order valence-corrected chi connectivity index (χ1v) is 9.97. The van der Waals surface area contributed by atoms with Gasteiger partial charge in [0.2, 0.25) is 5.92 Å². The number of hydrogen-bond acceptors (Lipinski definition) is 3. The minimum absolute atomic E-state index is 0.148. The lowest BCUT2D eigenvalue weighted by molar-refractivity contribution is -0.141. The maximum Gasteiger partial charge on any atom is 0.434 e. The van der Waals surface area contributed by atoms with Crippen LogP contribution in [0.1, 0.15) is 53.3 Å². The number of alkyl halides is 5. The maximum atomic E-state index is 13.7. The third-order valence-electron chi connectivity index (χ3n) is 5.28. The molecule has 0 bridgehead atoms. The lowest BCUT2D eigenvalue weighted by Crippen LogP contribution is -2.50. The molecule has 11 heteroatoms. The fraction of sp³-hybridized carbons (Fsp3) is 0.400. The number of nitrogens with zero attached hydrogens (tertiary/aromatic N) is 1. The first-order valence-electron chi connectivity index (χ1n) is 9.21. The Kier molecular flexibility index (Phi) is 6.51. The van der Waals surface area contributed by atoms with E-state index in [1.54, 1.807) is 12.1 Å². The van der Waals surface area contributed by atoms with Gasteiger partial charge in [-0.1, -0.05) is 41.4 Å². The van der Waals surface area contributed by atoms with Gasteiger partial charge in [0, 0.05) is 24.1 Å². The molecule has 1 aromatic carbocycles. The van der Waals surface area contributed by atoms with E-state index in [9.17, 15) is 31.9 Å². The van der Waals surface area contributed by atoms with Crippen molar-refractivity contribution in [3.63, 3.8) is 0 Å². The molecule has 1 fully saturated rings. The smallest absolute Gasteiger partial charge is 0.387 e. The van der Waals surface area contributed by atoms with Gasteiger partial charge in [0.15, 0.2) is 5.69 Å². The Morgan fingerprint density at radius 2 is 1.71 bits per heavy atom. The number of nitrogens with one attached hydrogen (secondary N) is 1. The SMILES string of the molecule is O=C(NC(c1ccccc1Cl)C1(O)CCC(F)(F)CC1)c1ccnc(C(F)(F)F)c1Cl. The van der Waals surface area contributed by atoms with E-state index in [2.05, 4.69) is 10.3 Å². The lowest BCUT2D eigenvalue weighted by Gasteiger charge is -2.42. The number of aromatic nitrogens is 1. The molecule has 1 amide bonds. The Balaban J connectivity index is 1.99. The molecule has 0 radical (unpaired) electrons. The molecule has 4 nitrogen and oxygen atoms in total. The molecule has 1 atom stereocenters. The summed E-state index contributed by atoms with van der Waals surface area (Å²) in [5.74, 6) is -3.99. The van der Waals surface area contributed by atoms with Gasteiger partial charge in [0.05, 0.1) is 22.2 Å². The molecule has 3 rings (SSSR count). The predicted molar refractivity (Wildman–Crippen MR) is 104 cm³/mol. The number of benzene rings is 1. The number of amides is 1. The van der Waals surface area contributed by atoms with Crippen LogP contribution in [0.5, 0.6) is 0 Å². The average molecular weight is 483 g/mol. The molecule has 2 aromatic rings. The first kappa shape index (κ1) is 23.7. The molecular formula is C20H17Cl2F5N2O2. The number of hydrogen-bond donors (Lipinski definition) is 2. The summed E-state index contributed by atoms with van der Waals surface area (Å²) in [6.07, 6.45) is -6.04. The number of pyridine rings is 1. The molecule has 31 heavy (non-hydrogen) atoms. The van der Waals surface area contributed by atoms with E-state index >= 15 is 0 Å². The van der Waals surface area contributed by atoms with E-state index < -0.39 is 58.8 Å². The van der Waals surface area contributed by atoms with E-state index in [0.29, 0.717) is 0 Å². The van der Waals surface area contributed by atoms with Gasteiger partial charge < -0.3 is 10.4 Å². The molecule has 2 N–H and O–H groups in total. The average Bonchev–Trinajstić information content (AvgIpc) is 2.68. The molecule has 0 aliphatic heterocycles. The quantitative estimate of drug-likeness (QED) is 0.539. The van der Waals surface area contributed by atoms with Crippen LogP contribution in [0.3, 0.4) is 0 Å². The monoisotopic (exact) mass is 482 g/mol. The standard InChI is InChI=1S/C20H17Cl2F5N2O2/c21-13-4-2-1-3-11(13)15(18(31)6-8-19(23,24)9-7-18)29-17(30)12-5-10-28-16(14(12)22)20(25,26)27/h1-5,10,15,31H,6-9H2,(H,29,30). The fourth-order valence-corrected chi connectivity index (χ4v) is 4.12. The van der Waals surface area contributed by atoms with Crippen LogP contribution >= 0.6 is 23.2 Å². The molecule has 168 valence electrons. The number of aliphatic hydroxyl groups is 1. The normalized spacial score (nSPS) is 19.0. The van der Waals surface area contributed by atoms with Crippen molar-refractivity contribution in [3.05, 3.63) is 63.4 Å². The van der Waals surface area contributed by atoms with Gasteiger partial charge in [-0.15, -0.1) is 0 Å². The van der Waals surface area contributed by atoms with Crippen LogP contribution < -0.4 is 5.32 Å². The van der Waals surface area contributed by atoms with Gasteiger partial charge in [0.1, 0.15) is 0 Å². The summed E-state index contributed by atoms with van der Waals surface area (Å²) in [5.41, 5.74) is -3.52. The molecular weight excluding hydrogens is 466 g/mol. The second-order valence-corrected chi connectivity index (χ2v) is 8.19. The highest BCUT2D eigenvalue weighted by Crippen LogP contribution is 2.45. The molecule has 0 spiro atoms. The Labute approximate surface area is 184 Å². The number of carbonyl (C=O) groups is 1. The van der Waals surface area contributed by atoms with Gasteiger partial charge in [-0.3, -0.25) is 9.78 Å². The minimum Gasteiger partial charge on any atom is -0.387 e. The Hall–Kier alpha value is -1.97. The summed E-state index contributed by atoms with van der Waals surface area (Å²) in [5, 5.41) is 12.8. The number of rotatable bonds is 4. The summed E-state index contributed by atoms with van der Waals surface area (Å²) in [6.45, 7) is 0. The molecule has 1 aliphatic rings. The summed E-state index contributed by atoms with van der Waals surface area (Å²) in [6, 6.07) is 5.88. The topological polar surface area (TPSA) is 62.2 Å². The van der Waals surface area contributed by atoms with Crippen LogP contribution in [-0.2, 0) is 6.18 Å². The van der Waals surface area contributed by atoms with Gasteiger partial charge in [-0.25, -0.2) is 8.78 Å². The highest BCUT2D eigenvalue weighted by Gasteiger charge is 2.48. The lowest BCUT2D eigenvalue weighted by atomic mass is 9.75. The minimum atomic E-state index is -4.89. The molecule has 1 aliphatic carbocycles. The van der Waals surface area contributed by atoms with E-state index in [-0.39, 0.29) is 23.4 Å². The van der Waals surface area contributed by atoms with Gasteiger partial charge in [-0.2, -0.15) is 13.2 Å². The van der Waals surface area contributed by atoms with Gasteiger partial charge >= 0.3 is 6.18 Å². The van der Waals surface area contributed by atoms with E-state index in [1.165, 1.54) is 12.1 Å². The van der Waals surface area contributed by atoms with Crippen molar-refractivity contribution in [1.82, 2.24) is 10.3 Å². The predicted octanol–water partition coefficient (Wildman–Crippen LogP) is 5.82. The van der Waals surface area contributed by atoms with Crippen LogP contribution in [0.4, 0.5) is 22.0 Å². The van der Waals surface area contributed by atoms with Crippen LogP contribution in [0.25, 0.3) is 0 Å². The van der Waals surface area contributed by atoms with E-state index in [0.717, 1.165) is 12.3 Å². The molecule has 0 saturated heterocycles. The van der Waals surface area contributed by atoms with E-state index in [4.69, 9.17) is 23.2 Å². The second kappa shape index (κ2) is 8.52. The van der Waals surface area contributed by atoms with Crippen molar-refractivity contribution in [1.29, 1.82) is 0 Å². The Morgan fingerprint density at radius 3 is 2.29 bits per heavy atom. The van der Waals surface area contributed by atoms with E-state index in [1.807, 2.05) is 0 Å². The van der Waals surface area contributed by atoms with Crippen LogP contribution in [0.15, 0.2) is 36.5 Å². The number of halogens is 7.